The van der Waals surface area contributed by atoms with Gasteiger partial charge >= 0.3 is 0 Å². The number of aromatic nitrogens is 2. The predicted molar refractivity (Wildman–Crippen MR) is 85.5 cm³/mol. The Hall–Kier alpha value is -0.990. The quantitative estimate of drug-likeness (QED) is 0.730. The van der Waals surface area contributed by atoms with Crippen LogP contribution in [0.15, 0.2) is 11.1 Å². The van der Waals surface area contributed by atoms with Crippen molar-refractivity contribution in [1.82, 2.24) is 14.9 Å². The van der Waals surface area contributed by atoms with Crippen molar-refractivity contribution in [2.75, 3.05) is 0 Å². The van der Waals surface area contributed by atoms with E-state index in [4.69, 9.17) is 18.0 Å². The van der Waals surface area contributed by atoms with Crippen molar-refractivity contribution in [1.29, 1.82) is 0 Å². The van der Waals surface area contributed by atoms with Crippen LogP contribution < -0.4 is 10.5 Å². The normalized spacial score (nSPS) is 19.7. The molecule has 0 amide bonds. The number of H-pyrrole nitrogens is 1. The minimum Gasteiger partial charge on any atom is -0.392 e. The highest BCUT2D eigenvalue weighted by Gasteiger charge is 2.38. The van der Waals surface area contributed by atoms with Gasteiger partial charge in [-0.2, -0.15) is 9.82 Å². The summed E-state index contributed by atoms with van der Waals surface area (Å²) >= 11 is 5.19. The van der Waals surface area contributed by atoms with Crippen molar-refractivity contribution < 1.29 is 8.42 Å². The predicted octanol–water partition coefficient (Wildman–Crippen LogP) is 1.77. The molecule has 4 N–H and O–H groups in total. The zero-order chi connectivity index (χ0) is 15.5. The summed E-state index contributed by atoms with van der Waals surface area (Å²) in [6, 6.07) is 0. The molecule has 8 heteroatoms. The van der Waals surface area contributed by atoms with E-state index in [1.54, 1.807) is 6.92 Å². The van der Waals surface area contributed by atoms with Crippen LogP contribution in [0.5, 0.6) is 0 Å². The van der Waals surface area contributed by atoms with E-state index < -0.39 is 15.6 Å². The molecule has 1 heterocycles. The molecule has 0 atom stereocenters. The lowest BCUT2D eigenvalue weighted by molar-refractivity contribution is 0.371. The molecule has 1 fully saturated rings. The van der Waals surface area contributed by atoms with Crippen molar-refractivity contribution in [2.45, 2.75) is 62.3 Å². The second-order valence-corrected chi connectivity index (χ2v) is 7.77. The number of nitrogens with two attached hydrogens (primary N) is 1. The lowest BCUT2D eigenvalue weighted by Gasteiger charge is -2.35. The molecular weight excluding hydrogens is 308 g/mol. The Bertz CT molecular complexity index is 601. The topological polar surface area (TPSA) is 101 Å². The maximum atomic E-state index is 12.6. The fourth-order valence-corrected chi connectivity index (χ4v) is 4.73. The van der Waals surface area contributed by atoms with Gasteiger partial charge in [-0.25, -0.2) is 8.42 Å². The molecule has 0 spiro atoms. The molecule has 1 aromatic rings. The zero-order valence-electron chi connectivity index (χ0n) is 12.2. The molecule has 21 heavy (non-hydrogen) atoms. The van der Waals surface area contributed by atoms with Gasteiger partial charge < -0.3 is 5.73 Å². The molecular formula is C13H22N4O2S2. The average Bonchev–Trinajstić information content (AvgIpc) is 2.79. The van der Waals surface area contributed by atoms with Crippen LogP contribution in [0, 0.1) is 6.92 Å². The van der Waals surface area contributed by atoms with E-state index in [0.29, 0.717) is 18.5 Å². The minimum atomic E-state index is -3.69. The highest BCUT2D eigenvalue weighted by Crippen LogP contribution is 2.29. The Morgan fingerprint density at radius 1 is 1.33 bits per heavy atom. The maximum absolute atomic E-state index is 12.6. The maximum Gasteiger partial charge on any atom is 0.244 e. The number of rotatable bonds is 4. The largest absolute Gasteiger partial charge is 0.392 e. The Morgan fingerprint density at radius 2 is 1.90 bits per heavy atom. The monoisotopic (exact) mass is 330 g/mol. The van der Waals surface area contributed by atoms with Gasteiger partial charge in [0.25, 0.3) is 0 Å². The van der Waals surface area contributed by atoms with Crippen LogP contribution in [-0.4, -0.2) is 29.1 Å². The highest BCUT2D eigenvalue weighted by atomic mass is 32.2. The van der Waals surface area contributed by atoms with Gasteiger partial charge in [-0.3, -0.25) is 5.10 Å². The van der Waals surface area contributed by atoms with E-state index in [9.17, 15) is 8.42 Å². The molecule has 1 aliphatic rings. The molecule has 0 bridgehead atoms. The van der Waals surface area contributed by atoms with Crippen LogP contribution in [0.4, 0.5) is 0 Å². The van der Waals surface area contributed by atoms with E-state index in [2.05, 4.69) is 14.9 Å². The molecule has 1 aliphatic carbocycles. The second-order valence-electron chi connectivity index (χ2n) is 5.68. The first-order valence-corrected chi connectivity index (χ1v) is 9.10. The second kappa shape index (κ2) is 6.41. The van der Waals surface area contributed by atoms with E-state index in [1.807, 2.05) is 0 Å². The van der Waals surface area contributed by atoms with Crippen LogP contribution in [-0.2, 0) is 10.0 Å². The van der Waals surface area contributed by atoms with Crippen molar-refractivity contribution in [2.24, 2.45) is 5.73 Å². The lowest BCUT2D eigenvalue weighted by atomic mass is 9.85. The standard InChI is InChI=1S/C13H22N4O2S2/c1-10-11(9-15-16-10)21(18,19)17-13(12(14)20)7-5-3-2-4-6-8-13/h9,17H,2-8H2,1H3,(H2,14,20)(H,15,16). The summed E-state index contributed by atoms with van der Waals surface area (Å²) < 4.78 is 28.0. The van der Waals surface area contributed by atoms with Crippen molar-refractivity contribution in [3.63, 3.8) is 0 Å². The molecule has 1 aromatic heterocycles. The third kappa shape index (κ3) is 3.61. The molecule has 0 radical (unpaired) electrons. The SMILES string of the molecule is Cc1[nH]ncc1S(=O)(=O)NC1(C(N)=S)CCCCCCC1. The molecule has 0 unspecified atom stereocenters. The molecule has 1 saturated carbocycles. The molecule has 6 nitrogen and oxygen atoms in total. The summed E-state index contributed by atoms with van der Waals surface area (Å²) in [4.78, 5) is 0.384. The molecule has 0 aliphatic heterocycles. The fourth-order valence-electron chi connectivity index (χ4n) is 2.83. The third-order valence-corrected chi connectivity index (χ3v) is 6.12. The van der Waals surface area contributed by atoms with Gasteiger partial charge in [0.1, 0.15) is 4.90 Å². The number of aryl methyl sites for hydroxylation is 1. The van der Waals surface area contributed by atoms with Gasteiger partial charge in [0.2, 0.25) is 10.0 Å². The minimum absolute atomic E-state index is 0.153. The Kier molecular flexibility index (Phi) is 5.00. The summed E-state index contributed by atoms with van der Waals surface area (Å²) in [6.45, 7) is 1.67. The molecule has 2 rings (SSSR count). The van der Waals surface area contributed by atoms with E-state index in [-0.39, 0.29) is 9.88 Å². The summed E-state index contributed by atoms with van der Waals surface area (Å²) in [5, 5.41) is 6.42. The van der Waals surface area contributed by atoms with Crippen molar-refractivity contribution in [3.05, 3.63) is 11.9 Å². The number of hydrogen-bond donors (Lipinski definition) is 3. The van der Waals surface area contributed by atoms with Gasteiger partial charge in [0, 0.05) is 0 Å². The summed E-state index contributed by atoms with van der Waals surface area (Å²) in [6.07, 6.45) is 7.80. The highest BCUT2D eigenvalue weighted by molar-refractivity contribution is 7.89. The van der Waals surface area contributed by atoms with E-state index in [1.165, 1.54) is 12.6 Å². The molecule has 118 valence electrons. The average molecular weight is 330 g/mol. The zero-order valence-corrected chi connectivity index (χ0v) is 13.8. The first-order valence-electron chi connectivity index (χ1n) is 7.21. The van der Waals surface area contributed by atoms with Crippen LogP contribution in [0.1, 0.15) is 50.6 Å². The Labute approximate surface area is 130 Å². The number of nitrogens with zero attached hydrogens (tertiary/aromatic N) is 1. The fraction of sp³-hybridized carbons (Fsp3) is 0.692. The van der Waals surface area contributed by atoms with Crippen molar-refractivity contribution in [3.8, 4) is 0 Å². The van der Waals surface area contributed by atoms with Gasteiger partial charge in [0.15, 0.2) is 0 Å². The van der Waals surface area contributed by atoms with E-state index >= 15 is 0 Å². The van der Waals surface area contributed by atoms with Crippen molar-refractivity contribution >= 4 is 27.2 Å². The molecule has 0 aromatic carbocycles. The number of thiocarbonyl (C=S) groups is 1. The van der Waals surface area contributed by atoms with Crippen LogP contribution in [0.3, 0.4) is 0 Å². The smallest absolute Gasteiger partial charge is 0.244 e. The van der Waals surface area contributed by atoms with Gasteiger partial charge in [0.05, 0.1) is 22.4 Å². The Balaban J connectivity index is 2.31. The van der Waals surface area contributed by atoms with Gasteiger partial charge in [-0.15, -0.1) is 0 Å². The number of sulfonamides is 1. The molecule has 0 saturated heterocycles. The number of aromatic amines is 1. The van der Waals surface area contributed by atoms with E-state index in [0.717, 1.165) is 25.7 Å². The third-order valence-electron chi connectivity index (χ3n) is 4.08. The summed E-state index contributed by atoms with van der Waals surface area (Å²) in [7, 11) is -3.69. The van der Waals surface area contributed by atoms with Crippen LogP contribution in [0.25, 0.3) is 0 Å². The lowest BCUT2D eigenvalue weighted by Crippen LogP contribution is -2.56. The van der Waals surface area contributed by atoms with Gasteiger partial charge in [-0.05, 0) is 19.8 Å². The first kappa shape index (κ1) is 16.4. The summed E-state index contributed by atoms with van der Waals surface area (Å²) in [5.74, 6) is 0. The summed E-state index contributed by atoms with van der Waals surface area (Å²) in [5.41, 5.74) is 5.59. The van der Waals surface area contributed by atoms with Crippen LogP contribution >= 0.6 is 12.2 Å². The Morgan fingerprint density at radius 3 is 2.38 bits per heavy atom. The van der Waals surface area contributed by atoms with Gasteiger partial charge in [-0.1, -0.05) is 44.3 Å². The number of nitrogens with one attached hydrogen (secondary N) is 2. The number of hydrogen-bond acceptors (Lipinski definition) is 4. The first-order chi connectivity index (χ1) is 9.87. The van der Waals surface area contributed by atoms with Crippen LogP contribution in [0.2, 0.25) is 0 Å².